The molecule has 0 saturated heterocycles. The fraction of sp³-hybridized carbons (Fsp3) is 0.214. The Kier molecular flexibility index (Phi) is 3.20. The molecule has 0 atom stereocenters. The van der Waals surface area contributed by atoms with Crippen LogP contribution in [0.25, 0.3) is 0 Å². The highest BCUT2D eigenvalue weighted by atomic mass is 14.9. The van der Waals surface area contributed by atoms with Crippen molar-refractivity contribution in [2.75, 3.05) is 5.32 Å². The van der Waals surface area contributed by atoms with Gasteiger partial charge in [-0.25, -0.2) is 0 Å². The first-order chi connectivity index (χ1) is 7.74. The number of anilines is 1. The number of rotatable bonds is 3. The van der Waals surface area contributed by atoms with E-state index in [9.17, 15) is 0 Å². The van der Waals surface area contributed by atoms with Crippen molar-refractivity contribution in [3.63, 3.8) is 0 Å². The Labute approximate surface area is 96.4 Å². The van der Waals surface area contributed by atoms with Crippen LogP contribution in [0.3, 0.4) is 0 Å². The van der Waals surface area contributed by atoms with E-state index in [-0.39, 0.29) is 0 Å². The van der Waals surface area contributed by atoms with Crippen molar-refractivity contribution in [1.82, 2.24) is 4.98 Å². The molecule has 0 bridgehead atoms. The standard InChI is InChI=1S/C14H16N2/c1-11-3-5-13(6-4-11)9-16-14-7-12(2)8-15-10-14/h3-8,10,16H,9H2,1-2H3. The lowest BCUT2D eigenvalue weighted by atomic mass is 10.1. The van der Waals surface area contributed by atoms with E-state index in [1.54, 1.807) is 0 Å². The highest BCUT2D eigenvalue weighted by Crippen LogP contribution is 2.10. The average molecular weight is 212 g/mol. The molecule has 0 spiro atoms. The van der Waals surface area contributed by atoms with Gasteiger partial charge < -0.3 is 5.32 Å². The molecule has 2 nitrogen and oxygen atoms in total. The predicted molar refractivity (Wildman–Crippen MR) is 67.5 cm³/mol. The van der Waals surface area contributed by atoms with E-state index in [0.29, 0.717) is 0 Å². The second-order valence-electron chi connectivity index (χ2n) is 4.09. The van der Waals surface area contributed by atoms with E-state index in [1.807, 2.05) is 19.3 Å². The lowest BCUT2D eigenvalue weighted by Crippen LogP contribution is -1.99. The third-order valence-corrected chi connectivity index (χ3v) is 2.49. The van der Waals surface area contributed by atoms with Gasteiger partial charge in [0, 0.05) is 18.9 Å². The normalized spacial score (nSPS) is 10.1. The minimum Gasteiger partial charge on any atom is -0.380 e. The van der Waals surface area contributed by atoms with E-state index >= 15 is 0 Å². The molecule has 2 heteroatoms. The third kappa shape index (κ3) is 2.83. The van der Waals surface area contributed by atoms with Crippen LogP contribution in [0.15, 0.2) is 42.7 Å². The molecule has 0 unspecified atom stereocenters. The maximum atomic E-state index is 4.15. The summed E-state index contributed by atoms with van der Waals surface area (Å²) in [5.41, 5.74) is 4.82. The molecule has 0 amide bonds. The van der Waals surface area contributed by atoms with Crippen LogP contribution in [0.4, 0.5) is 5.69 Å². The van der Waals surface area contributed by atoms with Crippen molar-refractivity contribution >= 4 is 5.69 Å². The number of benzene rings is 1. The molecule has 0 radical (unpaired) electrons. The molecule has 2 aromatic rings. The van der Waals surface area contributed by atoms with E-state index in [1.165, 1.54) is 16.7 Å². The van der Waals surface area contributed by atoms with Crippen molar-refractivity contribution in [3.8, 4) is 0 Å². The maximum Gasteiger partial charge on any atom is 0.0532 e. The molecule has 0 fully saturated rings. The van der Waals surface area contributed by atoms with Crippen LogP contribution in [0, 0.1) is 13.8 Å². The van der Waals surface area contributed by atoms with Gasteiger partial charge >= 0.3 is 0 Å². The Hall–Kier alpha value is -1.83. The molecule has 1 N–H and O–H groups in total. The van der Waals surface area contributed by atoms with Crippen LogP contribution in [-0.4, -0.2) is 4.98 Å². The second kappa shape index (κ2) is 4.79. The molecule has 0 aliphatic carbocycles. The predicted octanol–water partition coefficient (Wildman–Crippen LogP) is 3.31. The SMILES string of the molecule is Cc1ccc(CNc2cncc(C)c2)cc1. The van der Waals surface area contributed by atoms with Gasteiger partial charge in [0.2, 0.25) is 0 Å². The second-order valence-corrected chi connectivity index (χ2v) is 4.09. The van der Waals surface area contributed by atoms with Crippen LogP contribution in [0.1, 0.15) is 16.7 Å². The number of aryl methyl sites for hydroxylation is 2. The third-order valence-electron chi connectivity index (χ3n) is 2.49. The monoisotopic (exact) mass is 212 g/mol. The van der Waals surface area contributed by atoms with Crippen molar-refractivity contribution in [2.24, 2.45) is 0 Å². The Bertz CT molecular complexity index is 460. The first-order valence-electron chi connectivity index (χ1n) is 5.45. The molecule has 0 aliphatic heterocycles. The fourth-order valence-corrected chi connectivity index (χ4v) is 1.56. The lowest BCUT2D eigenvalue weighted by molar-refractivity contribution is 1.13. The van der Waals surface area contributed by atoms with Gasteiger partial charge in [-0.05, 0) is 31.0 Å². The van der Waals surface area contributed by atoms with Gasteiger partial charge in [0.25, 0.3) is 0 Å². The number of hydrogen-bond acceptors (Lipinski definition) is 2. The largest absolute Gasteiger partial charge is 0.380 e. The van der Waals surface area contributed by atoms with Gasteiger partial charge in [-0.1, -0.05) is 29.8 Å². The first kappa shape index (κ1) is 10.7. The summed E-state index contributed by atoms with van der Waals surface area (Å²) in [5, 5.41) is 3.36. The summed E-state index contributed by atoms with van der Waals surface area (Å²) in [6.45, 7) is 4.98. The molecule has 1 heterocycles. The van der Waals surface area contributed by atoms with E-state index < -0.39 is 0 Å². The zero-order valence-electron chi connectivity index (χ0n) is 9.70. The average Bonchev–Trinajstić information content (AvgIpc) is 2.28. The molecule has 0 saturated carbocycles. The van der Waals surface area contributed by atoms with Crippen LogP contribution in [-0.2, 0) is 6.54 Å². The Morgan fingerprint density at radius 3 is 2.44 bits per heavy atom. The molecular formula is C14H16N2. The topological polar surface area (TPSA) is 24.9 Å². The molecule has 2 rings (SSSR count). The van der Waals surface area contributed by atoms with Gasteiger partial charge in [0.05, 0.1) is 5.69 Å². The van der Waals surface area contributed by atoms with E-state index in [4.69, 9.17) is 0 Å². The van der Waals surface area contributed by atoms with E-state index in [0.717, 1.165) is 12.2 Å². The van der Waals surface area contributed by atoms with Gasteiger partial charge in [0.1, 0.15) is 0 Å². The summed E-state index contributed by atoms with van der Waals surface area (Å²) in [6.07, 6.45) is 3.71. The molecule has 16 heavy (non-hydrogen) atoms. The maximum absolute atomic E-state index is 4.15. The molecular weight excluding hydrogens is 196 g/mol. The fourth-order valence-electron chi connectivity index (χ4n) is 1.56. The van der Waals surface area contributed by atoms with Crippen molar-refractivity contribution in [3.05, 3.63) is 59.4 Å². The van der Waals surface area contributed by atoms with Gasteiger partial charge in [-0.2, -0.15) is 0 Å². The zero-order chi connectivity index (χ0) is 11.4. The Morgan fingerprint density at radius 2 is 1.75 bits per heavy atom. The molecule has 1 aromatic heterocycles. The van der Waals surface area contributed by atoms with Crippen LogP contribution in [0.5, 0.6) is 0 Å². The summed E-state index contributed by atoms with van der Waals surface area (Å²) in [5.74, 6) is 0. The summed E-state index contributed by atoms with van der Waals surface area (Å²) < 4.78 is 0. The number of hydrogen-bond donors (Lipinski definition) is 1. The summed E-state index contributed by atoms with van der Waals surface area (Å²) in [4.78, 5) is 4.15. The van der Waals surface area contributed by atoms with Gasteiger partial charge in [0.15, 0.2) is 0 Å². The number of aromatic nitrogens is 1. The highest BCUT2D eigenvalue weighted by molar-refractivity contribution is 5.43. The highest BCUT2D eigenvalue weighted by Gasteiger charge is 1.94. The minimum atomic E-state index is 0.839. The van der Waals surface area contributed by atoms with Crippen LogP contribution >= 0.6 is 0 Å². The van der Waals surface area contributed by atoms with E-state index in [2.05, 4.69) is 47.6 Å². The number of nitrogens with one attached hydrogen (secondary N) is 1. The first-order valence-corrected chi connectivity index (χ1v) is 5.45. The van der Waals surface area contributed by atoms with Crippen molar-refractivity contribution < 1.29 is 0 Å². The molecule has 82 valence electrons. The lowest BCUT2D eigenvalue weighted by Gasteiger charge is -2.06. The summed E-state index contributed by atoms with van der Waals surface area (Å²) in [6, 6.07) is 10.6. The Morgan fingerprint density at radius 1 is 1.00 bits per heavy atom. The summed E-state index contributed by atoms with van der Waals surface area (Å²) >= 11 is 0. The van der Waals surface area contributed by atoms with Crippen LogP contribution in [0.2, 0.25) is 0 Å². The minimum absolute atomic E-state index is 0.839. The smallest absolute Gasteiger partial charge is 0.0532 e. The number of pyridine rings is 1. The zero-order valence-corrected chi connectivity index (χ0v) is 9.70. The molecule has 0 aliphatic rings. The van der Waals surface area contributed by atoms with Crippen LogP contribution < -0.4 is 5.32 Å². The summed E-state index contributed by atoms with van der Waals surface area (Å²) in [7, 11) is 0. The van der Waals surface area contributed by atoms with Crippen molar-refractivity contribution in [2.45, 2.75) is 20.4 Å². The van der Waals surface area contributed by atoms with Gasteiger partial charge in [-0.3, -0.25) is 4.98 Å². The number of nitrogens with zero attached hydrogens (tertiary/aromatic N) is 1. The Balaban J connectivity index is 1.99. The molecule has 1 aromatic carbocycles. The van der Waals surface area contributed by atoms with Gasteiger partial charge in [-0.15, -0.1) is 0 Å². The quantitative estimate of drug-likeness (QED) is 0.844. The van der Waals surface area contributed by atoms with Crippen molar-refractivity contribution in [1.29, 1.82) is 0 Å².